The summed E-state index contributed by atoms with van der Waals surface area (Å²) in [5.41, 5.74) is 20.5. The zero-order chi connectivity index (χ0) is 50.4. The number of hydrogen-bond acceptors (Lipinski definition) is 3. The van der Waals surface area contributed by atoms with Crippen LogP contribution in [0.4, 0.5) is 45.5 Å². The highest BCUT2D eigenvalue weighted by molar-refractivity contribution is 6.10. The molecule has 0 radical (unpaired) electrons. The summed E-state index contributed by atoms with van der Waals surface area (Å²) in [5, 5.41) is 2.53. The quantitative estimate of drug-likeness (QED) is 0.120. The van der Waals surface area contributed by atoms with Crippen LogP contribution in [0, 0.1) is 0 Å². The number of benzene rings is 9. The molecule has 0 spiro atoms. The number of aromatic nitrogens is 1. The maximum atomic E-state index is 2.59. The van der Waals surface area contributed by atoms with Crippen LogP contribution in [0.5, 0.6) is 0 Å². The van der Waals surface area contributed by atoms with Gasteiger partial charge in [0.05, 0.1) is 6.04 Å². The third kappa shape index (κ3) is 8.27. The average Bonchev–Trinajstić information content (AvgIpc) is 4.07. The van der Waals surface area contributed by atoms with Crippen LogP contribution in [0.15, 0.2) is 273 Å². The maximum absolute atomic E-state index is 2.59. The van der Waals surface area contributed by atoms with Crippen molar-refractivity contribution >= 4 is 72.9 Å². The van der Waals surface area contributed by atoms with Crippen molar-refractivity contribution in [3.8, 4) is 22.3 Å². The number of anilines is 8. The van der Waals surface area contributed by atoms with Crippen molar-refractivity contribution in [3.63, 3.8) is 0 Å². The van der Waals surface area contributed by atoms with Crippen molar-refractivity contribution in [1.29, 1.82) is 0 Å². The predicted octanol–water partition coefficient (Wildman–Crippen LogP) is 19.8. The summed E-state index contributed by atoms with van der Waals surface area (Å²) in [6.07, 6.45) is 26.1. The Balaban J connectivity index is 0.838. The molecule has 3 atom stereocenters. The number of allylic oxidation sites excluding steroid dienone is 9. The number of para-hydroxylation sites is 2. The first kappa shape index (κ1) is 45.5. The largest absolute Gasteiger partial charge is 0.337 e. The number of fused-ring (bicyclic) bond motifs is 6. The minimum Gasteiger partial charge on any atom is -0.337 e. The minimum absolute atomic E-state index is 0.269. The van der Waals surface area contributed by atoms with Gasteiger partial charge in [0.2, 0.25) is 0 Å². The zero-order valence-corrected chi connectivity index (χ0v) is 42.5. The molecule has 1 aromatic heterocycles. The molecule has 0 bridgehead atoms. The molecule has 0 fully saturated rings. The number of nitrogens with zero attached hydrogens (tertiary/aromatic N) is 4. The summed E-state index contributed by atoms with van der Waals surface area (Å²) in [6, 6.07) is 81.8. The van der Waals surface area contributed by atoms with Crippen LogP contribution in [0.2, 0.25) is 0 Å². The van der Waals surface area contributed by atoms with Crippen molar-refractivity contribution in [2.45, 2.75) is 50.1 Å². The molecule has 3 unspecified atom stereocenters. The first-order valence-corrected chi connectivity index (χ1v) is 27.1. The lowest BCUT2D eigenvalue weighted by molar-refractivity contribution is 0.565. The average molecular weight is 979 g/mol. The Bertz CT molecular complexity index is 3930. The monoisotopic (exact) mass is 978 g/mol. The molecule has 10 aromatic rings. The van der Waals surface area contributed by atoms with Crippen LogP contribution in [0.3, 0.4) is 0 Å². The van der Waals surface area contributed by atoms with Crippen molar-refractivity contribution in [2.24, 2.45) is 0 Å². The summed E-state index contributed by atoms with van der Waals surface area (Å²) in [7, 11) is 0. The van der Waals surface area contributed by atoms with Gasteiger partial charge >= 0.3 is 0 Å². The van der Waals surface area contributed by atoms with Gasteiger partial charge in [-0.05, 0) is 174 Å². The smallest absolute Gasteiger partial charge is 0.0560 e. The van der Waals surface area contributed by atoms with E-state index in [1.54, 1.807) is 0 Å². The Morgan fingerprint density at radius 1 is 0.408 bits per heavy atom. The fourth-order valence-corrected chi connectivity index (χ4v) is 12.5. The molecule has 4 nitrogen and oxygen atoms in total. The van der Waals surface area contributed by atoms with Crippen LogP contribution in [0.25, 0.3) is 49.6 Å². The van der Waals surface area contributed by atoms with E-state index in [9.17, 15) is 0 Å². The highest BCUT2D eigenvalue weighted by atomic mass is 15.2. The van der Waals surface area contributed by atoms with Gasteiger partial charge < -0.3 is 19.3 Å². The standard InChI is InChI=1S/C72H58N4/c1-5-19-51(20-6-1)55-23-17-29-61(47-55)73(63-43-45-71-67(49-63)65-31-13-15-33-69(65)75(71)57-25-9-3-10-26-57)59-39-35-53(36-40-59)54-37-41-60(42-38-54)74(62-30-18-24-56(48-62)52-21-7-2-8-22-52)64-44-46-72-68(50-64)66-32-14-16-34-70(66)76(72)58-27-11-4-12-28-58/h1,3-7,9-14,16-27,29-32,34-50,58,65,69H,2,8,15,28,33H2. The summed E-state index contributed by atoms with van der Waals surface area (Å²) in [5.74, 6) is 0.324. The van der Waals surface area contributed by atoms with E-state index in [0.29, 0.717) is 12.0 Å². The van der Waals surface area contributed by atoms with Gasteiger partial charge in [-0.2, -0.15) is 0 Å². The Kier molecular flexibility index (Phi) is 11.7. The van der Waals surface area contributed by atoms with E-state index < -0.39 is 0 Å². The molecular weight excluding hydrogens is 921 g/mol. The zero-order valence-electron chi connectivity index (χ0n) is 42.5. The Morgan fingerprint density at radius 2 is 1.03 bits per heavy atom. The second-order valence-electron chi connectivity index (χ2n) is 20.6. The van der Waals surface area contributed by atoms with Gasteiger partial charge in [-0.15, -0.1) is 0 Å². The molecule has 0 saturated carbocycles. The van der Waals surface area contributed by atoms with Crippen molar-refractivity contribution in [2.75, 3.05) is 14.7 Å². The van der Waals surface area contributed by atoms with Gasteiger partial charge in [0, 0.05) is 79.3 Å². The van der Waals surface area contributed by atoms with Gasteiger partial charge in [0.1, 0.15) is 0 Å². The van der Waals surface area contributed by atoms with Gasteiger partial charge in [0.15, 0.2) is 0 Å². The molecule has 9 aromatic carbocycles. The third-order valence-corrected chi connectivity index (χ3v) is 16.1. The Morgan fingerprint density at radius 3 is 1.75 bits per heavy atom. The summed E-state index contributed by atoms with van der Waals surface area (Å²) in [6.45, 7) is 0. The third-order valence-electron chi connectivity index (χ3n) is 16.1. The first-order chi connectivity index (χ1) is 37.7. The molecular formula is C72H58N4. The van der Waals surface area contributed by atoms with Gasteiger partial charge in [-0.25, -0.2) is 0 Å². The summed E-state index contributed by atoms with van der Waals surface area (Å²) in [4.78, 5) is 7.46. The molecule has 2 heterocycles. The molecule has 4 aliphatic rings. The first-order valence-electron chi connectivity index (χ1n) is 27.1. The Labute approximate surface area is 446 Å². The highest BCUT2D eigenvalue weighted by Crippen LogP contribution is 2.51. The molecule has 14 rings (SSSR count). The fourth-order valence-electron chi connectivity index (χ4n) is 12.5. The lowest BCUT2D eigenvalue weighted by Crippen LogP contribution is -2.30. The van der Waals surface area contributed by atoms with Crippen molar-refractivity contribution in [1.82, 2.24) is 4.57 Å². The van der Waals surface area contributed by atoms with E-state index in [1.807, 2.05) is 0 Å². The lowest BCUT2D eigenvalue weighted by Gasteiger charge is -2.31. The van der Waals surface area contributed by atoms with Crippen LogP contribution < -0.4 is 14.7 Å². The SMILES string of the molecule is C1=CCC(n2c3ccccc3c3cc(N(c4ccc(-c5ccc(N(c6cccc(-c7ccccc7)c6)c6ccc7c(c6)C6C=CCCC6N7c6ccccc6)cc5)cc4)c4cccc(C5=CCCC=C5)c4)ccc32)C=C1. The lowest BCUT2D eigenvalue weighted by atomic mass is 9.87. The van der Waals surface area contributed by atoms with Crippen molar-refractivity contribution < 1.29 is 0 Å². The van der Waals surface area contributed by atoms with E-state index in [0.717, 1.165) is 66.2 Å². The molecule has 0 amide bonds. The van der Waals surface area contributed by atoms with Crippen LogP contribution in [0.1, 0.15) is 55.2 Å². The minimum atomic E-state index is 0.269. The van der Waals surface area contributed by atoms with Gasteiger partial charge in [0.25, 0.3) is 0 Å². The molecule has 76 heavy (non-hydrogen) atoms. The fraction of sp³-hybridized carbons (Fsp3) is 0.111. The second-order valence-corrected chi connectivity index (χ2v) is 20.6. The van der Waals surface area contributed by atoms with E-state index in [-0.39, 0.29) is 6.04 Å². The molecule has 366 valence electrons. The van der Waals surface area contributed by atoms with E-state index in [2.05, 4.69) is 292 Å². The summed E-state index contributed by atoms with van der Waals surface area (Å²) >= 11 is 0. The number of rotatable bonds is 11. The maximum Gasteiger partial charge on any atom is 0.0560 e. The normalized spacial score (nSPS) is 17.4. The molecule has 0 N–H and O–H groups in total. The predicted molar refractivity (Wildman–Crippen MR) is 321 cm³/mol. The molecule has 3 aliphatic carbocycles. The molecule has 0 saturated heterocycles. The highest BCUT2D eigenvalue weighted by Gasteiger charge is 2.39. The van der Waals surface area contributed by atoms with E-state index in [4.69, 9.17) is 0 Å². The van der Waals surface area contributed by atoms with E-state index >= 15 is 0 Å². The van der Waals surface area contributed by atoms with Crippen LogP contribution >= 0.6 is 0 Å². The van der Waals surface area contributed by atoms with Crippen LogP contribution in [-0.2, 0) is 0 Å². The Hall–Kier alpha value is -9.12. The number of hydrogen-bond donors (Lipinski definition) is 0. The molecule has 4 heteroatoms. The van der Waals surface area contributed by atoms with Gasteiger partial charge in [-0.1, -0.05) is 170 Å². The van der Waals surface area contributed by atoms with E-state index in [1.165, 1.54) is 72.1 Å². The topological polar surface area (TPSA) is 14.7 Å². The van der Waals surface area contributed by atoms with Crippen LogP contribution in [-0.4, -0.2) is 10.6 Å². The van der Waals surface area contributed by atoms with Crippen molar-refractivity contribution in [3.05, 3.63) is 284 Å². The van der Waals surface area contributed by atoms with Gasteiger partial charge in [-0.3, -0.25) is 0 Å². The summed E-state index contributed by atoms with van der Waals surface area (Å²) < 4.78 is 2.52. The second kappa shape index (κ2) is 19.6. The molecule has 1 aliphatic heterocycles.